The molecular formula is C11H11N3O3. The Labute approximate surface area is 96.9 Å². The highest BCUT2D eigenvalue weighted by molar-refractivity contribution is 5.76. The Kier molecular flexibility index (Phi) is 3.04. The molecule has 0 bridgehead atoms. The number of hydrogen-bond donors (Lipinski definition) is 2. The summed E-state index contributed by atoms with van der Waals surface area (Å²) in [4.78, 5) is 25.4. The molecular weight excluding hydrogens is 222 g/mol. The van der Waals surface area contributed by atoms with E-state index in [0.29, 0.717) is 12.1 Å². The standard InChI is InChI=1S/C11H11N3O3/c15-7-12-9(11(16)17)5-8-6-14-4-2-1-3-10(14)13-8/h1-4,6-7,9H,5H2,(H,12,15)(H,16,17). The third-order valence-corrected chi connectivity index (χ3v) is 2.39. The quantitative estimate of drug-likeness (QED) is 0.716. The lowest BCUT2D eigenvalue weighted by atomic mass is 10.2. The average Bonchev–Trinajstić information content (AvgIpc) is 2.70. The van der Waals surface area contributed by atoms with Gasteiger partial charge in [-0.15, -0.1) is 0 Å². The highest BCUT2D eigenvalue weighted by Crippen LogP contribution is 2.06. The summed E-state index contributed by atoms with van der Waals surface area (Å²) in [6.07, 6.45) is 4.12. The summed E-state index contributed by atoms with van der Waals surface area (Å²) in [5.41, 5.74) is 1.37. The number of amides is 1. The van der Waals surface area contributed by atoms with E-state index >= 15 is 0 Å². The molecule has 0 aliphatic carbocycles. The van der Waals surface area contributed by atoms with Gasteiger partial charge < -0.3 is 14.8 Å². The highest BCUT2D eigenvalue weighted by atomic mass is 16.4. The van der Waals surface area contributed by atoms with Crippen molar-refractivity contribution in [3.63, 3.8) is 0 Å². The Balaban J connectivity index is 2.21. The number of nitrogens with one attached hydrogen (secondary N) is 1. The molecule has 17 heavy (non-hydrogen) atoms. The number of carbonyl (C=O) groups excluding carboxylic acids is 1. The second-order valence-electron chi connectivity index (χ2n) is 3.58. The number of imidazole rings is 1. The summed E-state index contributed by atoms with van der Waals surface area (Å²) < 4.78 is 1.80. The molecule has 0 spiro atoms. The Morgan fingerprint density at radius 3 is 3.06 bits per heavy atom. The van der Waals surface area contributed by atoms with Gasteiger partial charge in [0.15, 0.2) is 0 Å². The van der Waals surface area contributed by atoms with Crippen molar-refractivity contribution >= 4 is 18.0 Å². The first-order valence-electron chi connectivity index (χ1n) is 5.06. The first-order valence-corrected chi connectivity index (χ1v) is 5.06. The van der Waals surface area contributed by atoms with Crippen LogP contribution in [-0.4, -0.2) is 32.9 Å². The van der Waals surface area contributed by atoms with Crippen LogP contribution in [0.15, 0.2) is 30.6 Å². The molecule has 2 rings (SSSR count). The number of carboxylic acids is 1. The summed E-state index contributed by atoms with van der Waals surface area (Å²) >= 11 is 0. The van der Waals surface area contributed by atoms with Crippen LogP contribution in [0.25, 0.3) is 5.65 Å². The van der Waals surface area contributed by atoms with Crippen LogP contribution in [0.2, 0.25) is 0 Å². The van der Waals surface area contributed by atoms with E-state index in [4.69, 9.17) is 5.11 Å². The molecule has 6 heteroatoms. The van der Waals surface area contributed by atoms with Crippen molar-refractivity contribution in [1.82, 2.24) is 14.7 Å². The Morgan fingerprint density at radius 2 is 2.41 bits per heavy atom. The van der Waals surface area contributed by atoms with E-state index in [1.54, 1.807) is 10.6 Å². The van der Waals surface area contributed by atoms with Gasteiger partial charge >= 0.3 is 5.97 Å². The summed E-state index contributed by atoms with van der Waals surface area (Å²) in [6, 6.07) is 4.59. The molecule has 2 aromatic heterocycles. The van der Waals surface area contributed by atoms with Crippen LogP contribution >= 0.6 is 0 Å². The number of aliphatic carboxylic acids is 1. The zero-order valence-corrected chi connectivity index (χ0v) is 8.91. The number of nitrogens with zero attached hydrogens (tertiary/aromatic N) is 2. The maximum atomic E-state index is 10.9. The van der Waals surface area contributed by atoms with Gasteiger partial charge in [-0.1, -0.05) is 6.07 Å². The lowest BCUT2D eigenvalue weighted by molar-refractivity contribution is -0.140. The van der Waals surface area contributed by atoms with Crippen LogP contribution in [0.1, 0.15) is 5.69 Å². The van der Waals surface area contributed by atoms with Crippen molar-refractivity contribution in [3.8, 4) is 0 Å². The van der Waals surface area contributed by atoms with Gasteiger partial charge in [0.1, 0.15) is 11.7 Å². The molecule has 1 atom stereocenters. The van der Waals surface area contributed by atoms with Crippen LogP contribution in [0.5, 0.6) is 0 Å². The molecule has 0 saturated carbocycles. The van der Waals surface area contributed by atoms with Crippen molar-refractivity contribution < 1.29 is 14.7 Å². The Morgan fingerprint density at radius 1 is 1.59 bits per heavy atom. The maximum absolute atomic E-state index is 10.9. The van der Waals surface area contributed by atoms with Gasteiger partial charge in [0, 0.05) is 18.8 Å². The van der Waals surface area contributed by atoms with E-state index in [1.807, 2.05) is 24.4 Å². The smallest absolute Gasteiger partial charge is 0.326 e. The zero-order valence-electron chi connectivity index (χ0n) is 8.91. The summed E-state index contributed by atoms with van der Waals surface area (Å²) in [5, 5.41) is 11.1. The van der Waals surface area contributed by atoms with Crippen molar-refractivity contribution in [1.29, 1.82) is 0 Å². The van der Waals surface area contributed by atoms with Gasteiger partial charge in [-0.25, -0.2) is 9.78 Å². The van der Waals surface area contributed by atoms with Gasteiger partial charge in [-0.2, -0.15) is 0 Å². The summed E-state index contributed by atoms with van der Waals surface area (Å²) in [7, 11) is 0. The van der Waals surface area contributed by atoms with Crippen LogP contribution in [-0.2, 0) is 16.0 Å². The first kappa shape index (κ1) is 11.1. The molecule has 2 aromatic rings. The minimum atomic E-state index is -1.07. The molecule has 0 aliphatic heterocycles. The van der Waals surface area contributed by atoms with Crippen LogP contribution < -0.4 is 5.32 Å². The molecule has 0 aliphatic rings. The largest absolute Gasteiger partial charge is 0.480 e. The van der Waals surface area contributed by atoms with E-state index < -0.39 is 12.0 Å². The Hall–Kier alpha value is -2.37. The van der Waals surface area contributed by atoms with Crippen LogP contribution in [0.3, 0.4) is 0 Å². The minimum Gasteiger partial charge on any atom is -0.480 e. The zero-order chi connectivity index (χ0) is 12.3. The normalized spacial score (nSPS) is 12.2. The number of fused-ring (bicyclic) bond motifs is 1. The summed E-state index contributed by atoms with van der Waals surface area (Å²) in [6.45, 7) is 0. The molecule has 0 aromatic carbocycles. The van der Waals surface area contributed by atoms with Crippen LogP contribution in [0.4, 0.5) is 0 Å². The third-order valence-electron chi connectivity index (χ3n) is 2.39. The van der Waals surface area contributed by atoms with Gasteiger partial charge in [-0.05, 0) is 12.1 Å². The second-order valence-corrected chi connectivity index (χ2v) is 3.58. The third kappa shape index (κ3) is 2.41. The summed E-state index contributed by atoms with van der Waals surface area (Å²) in [5.74, 6) is -1.07. The SMILES string of the molecule is O=CNC(Cc1cn2ccccc2n1)C(=O)O. The molecule has 88 valence electrons. The number of pyridine rings is 1. The lowest BCUT2D eigenvalue weighted by Crippen LogP contribution is -2.37. The van der Waals surface area contributed by atoms with E-state index in [0.717, 1.165) is 5.65 Å². The topological polar surface area (TPSA) is 83.7 Å². The Bertz CT molecular complexity index is 517. The fourth-order valence-corrected chi connectivity index (χ4v) is 1.59. The molecule has 0 fully saturated rings. The highest BCUT2D eigenvalue weighted by Gasteiger charge is 2.18. The van der Waals surface area contributed by atoms with E-state index in [2.05, 4.69) is 10.3 Å². The molecule has 0 saturated heterocycles. The molecule has 6 nitrogen and oxygen atoms in total. The number of rotatable bonds is 5. The molecule has 2 heterocycles. The van der Waals surface area contributed by atoms with Gasteiger partial charge in [0.25, 0.3) is 0 Å². The second kappa shape index (κ2) is 4.65. The fourth-order valence-electron chi connectivity index (χ4n) is 1.59. The number of hydrogen-bond acceptors (Lipinski definition) is 3. The monoisotopic (exact) mass is 233 g/mol. The molecule has 2 N–H and O–H groups in total. The van der Waals surface area contributed by atoms with Crippen molar-refractivity contribution in [3.05, 3.63) is 36.3 Å². The number of aromatic nitrogens is 2. The first-order chi connectivity index (χ1) is 8.20. The van der Waals surface area contributed by atoms with E-state index in [9.17, 15) is 9.59 Å². The van der Waals surface area contributed by atoms with Gasteiger partial charge in [0.05, 0.1) is 5.69 Å². The number of carboxylic acid groups (broad SMARTS) is 1. The van der Waals surface area contributed by atoms with E-state index in [1.165, 1.54) is 0 Å². The minimum absolute atomic E-state index is 0.162. The van der Waals surface area contributed by atoms with Crippen molar-refractivity contribution in [2.75, 3.05) is 0 Å². The van der Waals surface area contributed by atoms with E-state index in [-0.39, 0.29) is 6.42 Å². The fraction of sp³-hybridized carbons (Fsp3) is 0.182. The average molecular weight is 233 g/mol. The van der Waals surface area contributed by atoms with Crippen molar-refractivity contribution in [2.24, 2.45) is 0 Å². The number of carbonyl (C=O) groups is 2. The van der Waals surface area contributed by atoms with Crippen molar-refractivity contribution in [2.45, 2.75) is 12.5 Å². The molecule has 1 amide bonds. The maximum Gasteiger partial charge on any atom is 0.326 e. The lowest BCUT2D eigenvalue weighted by Gasteiger charge is -2.08. The molecule has 0 radical (unpaired) electrons. The van der Waals surface area contributed by atoms with Gasteiger partial charge in [-0.3, -0.25) is 4.79 Å². The molecule has 1 unspecified atom stereocenters. The van der Waals surface area contributed by atoms with Gasteiger partial charge in [0.2, 0.25) is 6.41 Å². The van der Waals surface area contributed by atoms with Crippen LogP contribution in [0, 0.1) is 0 Å². The predicted octanol–water partition coefficient (Wildman–Crippen LogP) is 0.0760. The predicted molar refractivity (Wildman–Crippen MR) is 59.5 cm³/mol.